The van der Waals surface area contributed by atoms with E-state index in [1.54, 1.807) is 0 Å². The first-order valence-corrected chi connectivity index (χ1v) is 11.4. The van der Waals surface area contributed by atoms with E-state index in [0.29, 0.717) is 31.6 Å². The van der Waals surface area contributed by atoms with E-state index in [0.717, 1.165) is 53.9 Å². The van der Waals surface area contributed by atoms with Crippen LogP contribution in [0.25, 0.3) is 11.0 Å². The number of rotatable bonds is 7. The molecule has 8 nitrogen and oxygen atoms in total. The molecular weight excluding hydrogens is 418 g/mol. The van der Waals surface area contributed by atoms with Crippen LogP contribution < -0.4 is 10.6 Å². The van der Waals surface area contributed by atoms with E-state index in [2.05, 4.69) is 54.8 Å². The second-order valence-electron chi connectivity index (χ2n) is 9.25. The summed E-state index contributed by atoms with van der Waals surface area (Å²) in [6.07, 6.45) is 3.28. The Morgan fingerprint density at radius 3 is 2.58 bits per heavy atom. The van der Waals surface area contributed by atoms with Crippen LogP contribution in [0.3, 0.4) is 0 Å². The summed E-state index contributed by atoms with van der Waals surface area (Å²) >= 11 is 0. The molecule has 2 heterocycles. The molecule has 0 radical (unpaired) electrons. The minimum atomic E-state index is 0. The molecule has 0 atom stereocenters. The first-order chi connectivity index (χ1) is 15.0. The van der Waals surface area contributed by atoms with Crippen molar-refractivity contribution in [3.8, 4) is 0 Å². The van der Waals surface area contributed by atoms with Crippen molar-refractivity contribution >= 4 is 22.8 Å². The van der Waals surface area contributed by atoms with Crippen molar-refractivity contribution < 1.29 is 15.7 Å². The molecule has 8 heteroatoms. The zero-order chi connectivity index (χ0) is 21.5. The Bertz CT molecular complexity index is 1120. The molecule has 2 amide bonds. The van der Waals surface area contributed by atoms with Gasteiger partial charge in [-0.3, -0.25) is 4.90 Å². The fraction of sp³-hybridized carbons (Fsp3) is 0.440. The number of imidazole rings is 1. The van der Waals surface area contributed by atoms with E-state index in [-0.39, 0.29) is 17.0 Å². The zero-order valence-electron chi connectivity index (χ0n) is 19.4. The SMILES string of the molecule is CC(C)CCn1c(CN2C(=O)N(C3CC3)Cc3ccccc32)nc2cc(CN)ccc21.O.O. The number of fused-ring (bicyclic) bond motifs is 2. The van der Waals surface area contributed by atoms with Gasteiger partial charge in [0.15, 0.2) is 0 Å². The number of aromatic nitrogens is 2. The Labute approximate surface area is 194 Å². The largest absolute Gasteiger partial charge is 0.412 e. The minimum absolute atomic E-state index is 0. The van der Waals surface area contributed by atoms with Gasteiger partial charge in [0.1, 0.15) is 5.82 Å². The second kappa shape index (κ2) is 9.91. The molecule has 6 N–H and O–H groups in total. The van der Waals surface area contributed by atoms with Gasteiger partial charge < -0.3 is 26.2 Å². The van der Waals surface area contributed by atoms with Gasteiger partial charge >= 0.3 is 6.03 Å². The van der Waals surface area contributed by atoms with Crippen molar-refractivity contribution in [2.45, 2.75) is 65.3 Å². The topological polar surface area (TPSA) is 130 Å². The summed E-state index contributed by atoms with van der Waals surface area (Å²) in [5, 5.41) is 0. The van der Waals surface area contributed by atoms with E-state index in [9.17, 15) is 4.79 Å². The summed E-state index contributed by atoms with van der Waals surface area (Å²) in [6.45, 7) is 7.05. The molecule has 1 aromatic heterocycles. The van der Waals surface area contributed by atoms with Gasteiger partial charge in [0.2, 0.25) is 0 Å². The quantitative estimate of drug-likeness (QED) is 0.590. The number of anilines is 1. The van der Waals surface area contributed by atoms with Gasteiger partial charge in [-0.1, -0.05) is 38.1 Å². The number of hydrogen-bond donors (Lipinski definition) is 1. The number of amides is 2. The monoisotopic (exact) mass is 453 g/mol. The Morgan fingerprint density at radius 1 is 1.12 bits per heavy atom. The van der Waals surface area contributed by atoms with Crippen molar-refractivity contribution in [3.05, 3.63) is 59.4 Å². The first-order valence-electron chi connectivity index (χ1n) is 11.4. The van der Waals surface area contributed by atoms with Crippen molar-refractivity contribution in [1.29, 1.82) is 0 Å². The van der Waals surface area contributed by atoms with Crippen molar-refractivity contribution in [3.63, 3.8) is 0 Å². The van der Waals surface area contributed by atoms with E-state index >= 15 is 0 Å². The first kappa shape index (κ1) is 24.7. The van der Waals surface area contributed by atoms with Crippen LogP contribution in [0, 0.1) is 5.92 Å². The Balaban J connectivity index is 0.00000153. The van der Waals surface area contributed by atoms with E-state index < -0.39 is 0 Å². The molecule has 0 spiro atoms. The molecular formula is C25H35N5O3. The average molecular weight is 454 g/mol. The molecule has 1 aliphatic heterocycles. The summed E-state index contributed by atoms with van der Waals surface area (Å²) in [5.74, 6) is 1.53. The van der Waals surface area contributed by atoms with Crippen LogP contribution in [-0.2, 0) is 26.2 Å². The lowest BCUT2D eigenvalue weighted by Gasteiger charge is -2.37. The fourth-order valence-corrected chi connectivity index (χ4v) is 4.49. The smallest absolute Gasteiger partial charge is 0.325 e. The fourth-order valence-electron chi connectivity index (χ4n) is 4.49. The highest BCUT2D eigenvalue weighted by atomic mass is 16.2. The highest BCUT2D eigenvalue weighted by Gasteiger charge is 2.39. The highest BCUT2D eigenvalue weighted by molar-refractivity contribution is 5.95. The van der Waals surface area contributed by atoms with Crippen molar-refractivity contribution in [2.75, 3.05) is 4.90 Å². The van der Waals surface area contributed by atoms with Crippen LogP contribution in [0.1, 0.15) is 50.1 Å². The maximum absolute atomic E-state index is 13.5. The normalized spacial score (nSPS) is 15.5. The average Bonchev–Trinajstić information content (AvgIpc) is 3.55. The minimum Gasteiger partial charge on any atom is -0.412 e. The van der Waals surface area contributed by atoms with Gasteiger partial charge in [-0.25, -0.2) is 9.78 Å². The molecule has 0 unspecified atom stereocenters. The summed E-state index contributed by atoms with van der Waals surface area (Å²) < 4.78 is 2.29. The number of carbonyl (C=O) groups is 1. The number of urea groups is 1. The van der Waals surface area contributed by atoms with Gasteiger partial charge in [-0.2, -0.15) is 0 Å². The third-order valence-corrected chi connectivity index (χ3v) is 6.44. The van der Waals surface area contributed by atoms with Crippen LogP contribution in [0.15, 0.2) is 42.5 Å². The molecule has 1 saturated carbocycles. The van der Waals surface area contributed by atoms with Gasteiger partial charge in [-0.05, 0) is 54.5 Å². The molecule has 3 aromatic rings. The Kier molecular flexibility index (Phi) is 7.41. The maximum atomic E-state index is 13.5. The van der Waals surface area contributed by atoms with Crippen LogP contribution >= 0.6 is 0 Å². The Hall–Kier alpha value is -2.94. The molecule has 0 saturated heterocycles. The number of nitrogens with zero attached hydrogens (tertiary/aromatic N) is 4. The molecule has 178 valence electrons. The number of carbonyl (C=O) groups excluding carboxylic acids is 1. The number of hydrogen-bond acceptors (Lipinski definition) is 3. The maximum Gasteiger partial charge on any atom is 0.325 e. The zero-order valence-corrected chi connectivity index (χ0v) is 19.4. The van der Waals surface area contributed by atoms with E-state index in [1.807, 2.05) is 15.9 Å². The summed E-state index contributed by atoms with van der Waals surface area (Å²) in [4.78, 5) is 22.4. The van der Waals surface area contributed by atoms with Crippen LogP contribution in [0.2, 0.25) is 0 Å². The van der Waals surface area contributed by atoms with Gasteiger partial charge in [0.05, 0.1) is 23.3 Å². The lowest BCUT2D eigenvalue weighted by molar-refractivity contribution is 0.194. The van der Waals surface area contributed by atoms with Crippen LogP contribution in [0.4, 0.5) is 10.5 Å². The summed E-state index contributed by atoms with van der Waals surface area (Å²) in [5.41, 5.74) is 11.2. The summed E-state index contributed by atoms with van der Waals surface area (Å²) in [6, 6.07) is 15.0. The van der Waals surface area contributed by atoms with Crippen molar-refractivity contribution in [2.24, 2.45) is 11.7 Å². The molecule has 2 aromatic carbocycles. The predicted octanol–water partition coefficient (Wildman–Crippen LogP) is 3.00. The number of benzene rings is 2. The molecule has 1 aliphatic carbocycles. The summed E-state index contributed by atoms with van der Waals surface area (Å²) in [7, 11) is 0. The lowest BCUT2D eigenvalue weighted by atomic mass is 10.1. The number of aryl methyl sites for hydroxylation is 1. The standard InChI is InChI=1S/C25H31N5O.2H2O/c1-17(2)11-12-28-23-10-7-18(14-26)13-21(23)27-24(28)16-30-22-6-4-3-5-19(22)15-29(25(30)31)20-8-9-20;;/h3-7,10,13,17,20H,8-9,11-12,14-16,26H2,1-2H3;2*1H2. The van der Waals surface area contributed by atoms with E-state index in [4.69, 9.17) is 10.7 Å². The number of para-hydroxylation sites is 1. The highest BCUT2D eigenvalue weighted by Crippen LogP contribution is 2.37. The van der Waals surface area contributed by atoms with Crippen molar-refractivity contribution in [1.82, 2.24) is 14.5 Å². The molecule has 2 aliphatic rings. The van der Waals surface area contributed by atoms with Gasteiger partial charge in [0.25, 0.3) is 0 Å². The van der Waals surface area contributed by atoms with E-state index in [1.165, 1.54) is 5.56 Å². The third-order valence-electron chi connectivity index (χ3n) is 6.44. The number of nitrogens with two attached hydrogens (primary N) is 1. The van der Waals surface area contributed by atoms with Crippen LogP contribution in [0.5, 0.6) is 0 Å². The Morgan fingerprint density at radius 2 is 1.88 bits per heavy atom. The van der Waals surface area contributed by atoms with Gasteiger partial charge in [-0.15, -0.1) is 0 Å². The molecule has 0 bridgehead atoms. The van der Waals surface area contributed by atoms with Gasteiger partial charge in [0, 0.05) is 25.7 Å². The van der Waals surface area contributed by atoms with Crippen LogP contribution in [-0.4, -0.2) is 37.5 Å². The second-order valence-corrected chi connectivity index (χ2v) is 9.25. The molecule has 33 heavy (non-hydrogen) atoms. The molecule has 5 rings (SSSR count). The third kappa shape index (κ3) is 4.73. The molecule has 1 fully saturated rings. The predicted molar refractivity (Wildman–Crippen MR) is 131 cm³/mol. The lowest BCUT2D eigenvalue weighted by Crippen LogP contribution is -2.48.